The van der Waals surface area contributed by atoms with E-state index in [-0.39, 0.29) is 30.0 Å². The maximum absolute atomic E-state index is 12.3. The second-order valence-corrected chi connectivity index (χ2v) is 8.51. The molecular weight excluding hydrogens is 406 g/mol. The minimum absolute atomic E-state index is 0.0581. The van der Waals surface area contributed by atoms with Gasteiger partial charge in [-0.25, -0.2) is 0 Å². The normalized spacial score (nSPS) is 21.8. The molecule has 176 valence electrons. The number of benzene rings is 1. The number of nitrogens with one attached hydrogen (secondary N) is 2. The number of halogens is 2. The van der Waals surface area contributed by atoms with Gasteiger partial charge in [0.05, 0.1) is 24.9 Å². The van der Waals surface area contributed by atoms with E-state index in [1.807, 2.05) is 6.92 Å². The highest BCUT2D eigenvalue weighted by atomic mass is 19.3. The first kappa shape index (κ1) is 25.3. The number of guanidine groups is 1. The van der Waals surface area contributed by atoms with Gasteiger partial charge < -0.3 is 25.2 Å². The number of ether oxygens (including phenoxy) is 2. The molecule has 7 nitrogen and oxygen atoms in total. The number of nitrogens with zero attached hydrogens (tertiary/aromatic N) is 2. The van der Waals surface area contributed by atoms with Gasteiger partial charge in [-0.05, 0) is 52.3 Å². The summed E-state index contributed by atoms with van der Waals surface area (Å²) in [6, 6.07) is 5.96. The van der Waals surface area contributed by atoms with E-state index in [1.165, 1.54) is 12.1 Å². The first-order chi connectivity index (χ1) is 14.6. The lowest BCUT2D eigenvalue weighted by atomic mass is 10.0. The van der Waals surface area contributed by atoms with E-state index >= 15 is 0 Å². The van der Waals surface area contributed by atoms with Crippen LogP contribution in [0.3, 0.4) is 0 Å². The van der Waals surface area contributed by atoms with Gasteiger partial charge in [-0.1, -0.05) is 12.1 Å². The summed E-state index contributed by atoms with van der Waals surface area (Å²) in [5.41, 5.74) is 0.454. The molecule has 1 fully saturated rings. The van der Waals surface area contributed by atoms with Gasteiger partial charge >= 0.3 is 6.61 Å². The second kappa shape index (κ2) is 11.6. The molecule has 0 saturated carbocycles. The van der Waals surface area contributed by atoms with Crippen LogP contribution >= 0.6 is 0 Å². The minimum atomic E-state index is -2.87. The molecule has 1 aliphatic heterocycles. The largest absolute Gasteiger partial charge is 0.435 e. The van der Waals surface area contributed by atoms with Crippen LogP contribution in [0.25, 0.3) is 0 Å². The van der Waals surface area contributed by atoms with Crippen LogP contribution in [0, 0.1) is 0 Å². The lowest BCUT2D eigenvalue weighted by Gasteiger charge is -2.44. The van der Waals surface area contributed by atoms with Crippen LogP contribution in [-0.2, 0) is 4.74 Å². The maximum atomic E-state index is 12.3. The summed E-state index contributed by atoms with van der Waals surface area (Å²) in [4.78, 5) is 7.12. The smallest absolute Gasteiger partial charge is 0.387 e. The first-order valence-electron chi connectivity index (χ1n) is 10.8. The number of rotatable bonds is 9. The van der Waals surface area contributed by atoms with Crippen LogP contribution in [0.4, 0.5) is 8.78 Å². The highest BCUT2D eigenvalue weighted by molar-refractivity contribution is 5.79. The number of morpholine rings is 1. The van der Waals surface area contributed by atoms with Crippen LogP contribution in [0.15, 0.2) is 29.3 Å². The fraction of sp³-hybridized carbons (Fsp3) is 0.682. The van der Waals surface area contributed by atoms with E-state index in [2.05, 4.69) is 48.0 Å². The molecule has 0 spiro atoms. The third kappa shape index (κ3) is 8.23. The van der Waals surface area contributed by atoms with E-state index < -0.39 is 12.7 Å². The molecule has 1 aromatic rings. The molecule has 0 aromatic heterocycles. The van der Waals surface area contributed by atoms with Gasteiger partial charge in [0.25, 0.3) is 0 Å². The van der Waals surface area contributed by atoms with Crippen LogP contribution in [0.1, 0.15) is 46.3 Å². The number of hydrogen-bond acceptors (Lipinski definition) is 5. The Morgan fingerprint density at radius 3 is 2.39 bits per heavy atom. The molecule has 1 aliphatic rings. The zero-order valence-electron chi connectivity index (χ0n) is 19.1. The number of alkyl halides is 2. The van der Waals surface area contributed by atoms with Gasteiger partial charge in [0.2, 0.25) is 0 Å². The fourth-order valence-electron chi connectivity index (χ4n) is 3.57. The molecule has 0 bridgehead atoms. The van der Waals surface area contributed by atoms with Crippen molar-refractivity contribution in [3.05, 3.63) is 29.8 Å². The summed E-state index contributed by atoms with van der Waals surface area (Å²) in [7, 11) is 0. The molecule has 1 saturated heterocycles. The number of hydrogen-bond donors (Lipinski definition) is 3. The second-order valence-electron chi connectivity index (χ2n) is 8.51. The molecule has 3 N–H and O–H groups in total. The third-order valence-electron chi connectivity index (χ3n) is 5.20. The molecule has 1 aromatic carbocycles. The summed E-state index contributed by atoms with van der Waals surface area (Å²) in [5.74, 6) is 0.671. The van der Waals surface area contributed by atoms with Crippen molar-refractivity contribution in [2.75, 3.05) is 32.7 Å². The standard InChI is InChI=1S/C22H36F2N4O3/c1-6-25-21(27-14-22(4,5)28-12-15(2)30-16(3)13-28)26-11-19(29)17-7-9-18(10-8-17)31-20(23)24/h7-10,15-16,19-20,29H,6,11-14H2,1-5H3,(H2,25,26,27). The highest BCUT2D eigenvalue weighted by Gasteiger charge is 2.33. The molecule has 9 heteroatoms. The van der Waals surface area contributed by atoms with Gasteiger partial charge in [0.1, 0.15) is 5.75 Å². The van der Waals surface area contributed by atoms with Crippen molar-refractivity contribution in [1.29, 1.82) is 0 Å². The van der Waals surface area contributed by atoms with Crippen molar-refractivity contribution in [1.82, 2.24) is 15.5 Å². The van der Waals surface area contributed by atoms with Gasteiger partial charge in [0.15, 0.2) is 5.96 Å². The molecule has 0 radical (unpaired) electrons. The molecule has 1 heterocycles. The average Bonchev–Trinajstić information content (AvgIpc) is 2.69. The van der Waals surface area contributed by atoms with Crippen LogP contribution in [0.5, 0.6) is 5.75 Å². The summed E-state index contributed by atoms with van der Waals surface area (Å²) in [5, 5.41) is 16.8. The Morgan fingerprint density at radius 1 is 1.23 bits per heavy atom. The molecule has 3 atom stereocenters. The number of aliphatic hydroxyl groups excluding tert-OH is 1. The Kier molecular flexibility index (Phi) is 9.46. The van der Waals surface area contributed by atoms with Gasteiger partial charge in [-0.3, -0.25) is 9.89 Å². The predicted octanol–water partition coefficient (Wildman–Crippen LogP) is 2.76. The van der Waals surface area contributed by atoms with Gasteiger partial charge in [0, 0.05) is 31.7 Å². The predicted molar refractivity (Wildman–Crippen MR) is 118 cm³/mol. The highest BCUT2D eigenvalue weighted by Crippen LogP contribution is 2.22. The van der Waals surface area contributed by atoms with Crippen LogP contribution < -0.4 is 15.4 Å². The van der Waals surface area contributed by atoms with Gasteiger partial charge in [-0.15, -0.1) is 0 Å². The fourth-order valence-corrected chi connectivity index (χ4v) is 3.57. The van der Waals surface area contributed by atoms with Crippen molar-refractivity contribution in [3.63, 3.8) is 0 Å². The van der Waals surface area contributed by atoms with E-state index in [0.717, 1.165) is 13.1 Å². The molecule has 31 heavy (non-hydrogen) atoms. The Morgan fingerprint density at radius 2 is 1.84 bits per heavy atom. The molecule has 3 unspecified atom stereocenters. The Bertz CT molecular complexity index is 691. The third-order valence-corrected chi connectivity index (χ3v) is 5.20. The van der Waals surface area contributed by atoms with E-state index in [9.17, 15) is 13.9 Å². The van der Waals surface area contributed by atoms with Crippen LogP contribution in [0.2, 0.25) is 0 Å². The van der Waals surface area contributed by atoms with Gasteiger partial charge in [-0.2, -0.15) is 8.78 Å². The van der Waals surface area contributed by atoms with Crippen molar-refractivity contribution in [3.8, 4) is 5.75 Å². The number of aliphatic hydroxyl groups is 1. The van der Waals surface area contributed by atoms with E-state index in [0.29, 0.717) is 24.6 Å². The lowest BCUT2D eigenvalue weighted by Crippen LogP contribution is -2.56. The van der Waals surface area contributed by atoms with E-state index in [1.54, 1.807) is 12.1 Å². The van der Waals surface area contributed by atoms with Crippen molar-refractivity contribution < 1.29 is 23.4 Å². The quantitative estimate of drug-likeness (QED) is 0.403. The Hall–Kier alpha value is -1.97. The van der Waals surface area contributed by atoms with Crippen molar-refractivity contribution in [2.45, 2.75) is 65.1 Å². The summed E-state index contributed by atoms with van der Waals surface area (Å²) < 4.78 is 34.7. The summed E-state index contributed by atoms with van der Waals surface area (Å²) in [6.45, 7) is 10.8. The van der Waals surface area contributed by atoms with Crippen molar-refractivity contribution in [2.24, 2.45) is 4.99 Å². The molecule has 2 rings (SSSR count). The summed E-state index contributed by atoms with van der Waals surface area (Å²) >= 11 is 0. The van der Waals surface area contributed by atoms with Crippen molar-refractivity contribution >= 4 is 5.96 Å². The minimum Gasteiger partial charge on any atom is -0.435 e. The molecule has 0 amide bonds. The zero-order chi connectivity index (χ0) is 23.0. The topological polar surface area (TPSA) is 78.4 Å². The SMILES string of the molecule is CCNC(=NCC(C)(C)N1CC(C)OC(C)C1)NCC(O)c1ccc(OC(F)F)cc1. The average molecular weight is 443 g/mol. The van der Waals surface area contributed by atoms with E-state index in [4.69, 9.17) is 9.73 Å². The number of aliphatic imine (C=N–C) groups is 1. The maximum Gasteiger partial charge on any atom is 0.387 e. The summed E-state index contributed by atoms with van der Waals surface area (Å²) in [6.07, 6.45) is -0.449. The zero-order valence-corrected chi connectivity index (χ0v) is 19.1. The first-order valence-corrected chi connectivity index (χ1v) is 10.8. The Labute approximate surface area is 183 Å². The Balaban J connectivity index is 1.94. The monoisotopic (exact) mass is 442 g/mol. The molecule has 0 aliphatic carbocycles. The lowest BCUT2D eigenvalue weighted by molar-refractivity contribution is -0.0939. The molecular formula is C22H36F2N4O3. The van der Waals surface area contributed by atoms with Crippen LogP contribution in [-0.4, -0.2) is 73.0 Å².